The van der Waals surface area contributed by atoms with Crippen molar-refractivity contribution in [1.82, 2.24) is 10.1 Å². The number of nitrogens with zero attached hydrogens (tertiary/aromatic N) is 2. The van der Waals surface area contributed by atoms with Gasteiger partial charge in [0, 0.05) is 15.6 Å². The second kappa shape index (κ2) is 6.38. The number of halogens is 2. The maximum atomic E-state index is 5.86. The molecule has 0 unspecified atom stereocenters. The number of rotatable bonds is 4. The maximum Gasteiger partial charge on any atom is 0.267 e. The average molecular weight is 335 g/mol. The van der Waals surface area contributed by atoms with E-state index in [1.54, 1.807) is 36.4 Å². The van der Waals surface area contributed by atoms with E-state index in [1.165, 1.54) is 0 Å². The molecular formula is C16H12Cl2N2O2. The number of ether oxygens (including phenoxy) is 1. The lowest BCUT2D eigenvalue weighted by molar-refractivity contribution is 0.176. The summed E-state index contributed by atoms with van der Waals surface area (Å²) in [6.07, 6.45) is -0.366. The lowest BCUT2D eigenvalue weighted by Gasteiger charge is -2.10. The smallest absolute Gasteiger partial charge is 0.267 e. The van der Waals surface area contributed by atoms with E-state index >= 15 is 0 Å². The standard InChI is InChI=1S/C16H12Cl2N2O2/c1-10(21-14-8-6-13(18)7-9-14)16-19-15(20-22-16)11-2-4-12(17)5-3-11/h2-10H,1H3/t10-/m0/s1. The number of benzene rings is 2. The molecule has 3 aromatic rings. The van der Waals surface area contributed by atoms with E-state index in [9.17, 15) is 0 Å². The van der Waals surface area contributed by atoms with Gasteiger partial charge in [-0.05, 0) is 55.5 Å². The molecule has 0 amide bonds. The minimum absolute atomic E-state index is 0.366. The van der Waals surface area contributed by atoms with E-state index in [0.717, 1.165) is 5.56 Å². The van der Waals surface area contributed by atoms with Gasteiger partial charge in [-0.3, -0.25) is 0 Å². The van der Waals surface area contributed by atoms with Crippen LogP contribution in [0, 0.1) is 0 Å². The van der Waals surface area contributed by atoms with E-state index in [4.69, 9.17) is 32.5 Å². The van der Waals surface area contributed by atoms with E-state index in [-0.39, 0.29) is 6.10 Å². The second-order valence-electron chi connectivity index (χ2n) is 4.68. The minimum Gasteiger partial charge on any atom is -0.481 e. The predicted molar refractivity (Wildman–Crippen MR) is 85.2 cm³/mol. The van der Waals surface area contributed by atoms with Crippen LogP contribution in [0.1, 0.15) is 18.9 Å². The van der Waals surface area contributed by atoms with Gasteiger partial charge in [-0.2, -0.15) is 4.98 Å². The van der Waals surface area contributed by atoms with Gasteiger partial charge in [-0.25, -0.2) is 0 Å². The highest BCUT2D eigenvalue weighted by atomic mass is 35.5. The number of hydrogen-bond donors (Lipinski definition) is 0. The molecule has 0 bridgehead atoms. The molecule has 0 saturated heterocycles. The Bertz CT molecular complexity index is 755. The van der Waals surface area contributed by atoms with Gasteiger partial charge < -0.3 is 9.26 Å². The molecule has 0 aliphatic carbocycles. The molecule has 6 heteroatoms. The first-order valence-corrected chi connectivity index (χ1v) is 7.39. The third-order valence-corrected chi connectivity index (χ3v) is 3.52. The zero-order valence-electron chi connectivity index (χ0n) is 11.7. The third kappa shape index (κ3) is 3.40. The van der Waals surface area contributed by atoms with Crippen molar-refractivity contribution in [3.8, 4) is 17.1 Å². The fourth-order valence-electron chi connectivity index (χ4n) is 1.88. The van der Waals surface area contributed by atoms with Crippen molar-refractivity contribution in [3.05, 3.63) is 64.5 Å². The van der Waals surface area contributed by atoms with E-state index in [1.807, 2.05) is 19.1 Å². The van der Waals surface area contributed by atoms with Crippen LogP contribution in [0.4, 0.5) is 0 Å². The average Bonchev–Trinajstić information content (AvgIpc) is 3.00. The summed E-state index contributed by atoms with van der Waals surface area (Å²) in [5.41, 5.74) is 0.832. The Hall–Kier alpha value is -2.04. The molecule has 1 aromatic heterocycles. The van der Waals surface area contributed by atoms with Crippen LogP contribution in [0.5, 0.6) is 5.75 Å². The van der Waals surface area contributed by atoms with Gasteiger partial charge in [0.05, 0.1) is 0 Å². The largest absolute Gasteiger partial charge is 0.481 e. The highest BCUT2D eigenvalue weighted by Gasteiger charge is 2.16. The lowest BCUT2D eigenvalue weighted by Crippen LogP contribution is -2.03. The molecular weight excluding hydrogens is 323 g/mol. The molecule has 0 radical (unpaired) electrons. The van der Waals surface area contributed by atoms with Crippen LogP contribution >= 0.6 is 23.2 Å². The van der Waals surface area contributed by atoms with Gasteiger partial charge in [0.25, 0.3) is 5.89 Å². The Kier molecular flexibility index (Phi) is 4.32. The summed E-state index contributed by atoms with van der Waals surface area (Å²) in [7, 11) is 0. The summed E-state index contributed by atoms with van der Waals surface area (Å²) in [4.78, 5) is 4.35. The molecule has 112 valence electrons. The Labute approximate surface area is 137 Å². The molecule has 1 atom stereocenters. The van der Waals surface area contributed by atoms with E-state index < -0.39 is 0 Å². The fourth-order valence-corrected chi connectivity index (χ4v) is 2.14. The summed E-state index contributed by atoms with van der Waals surface area (Å²) in [6.45, 7) is 1.84. The van der Waals surface area contributed by atoms with Gasteiger partial charge in [0.15, 0.2) is 6.10 Å². The zero-order valence-corrected chi connectivity index (χ0v) is 13.2. The van der Waals surface area contributed by atoms with Gasteiger partial charge >= 0.3 is 0 Å². The van der Waals surface area contributed by atoms with E-state index in [0.29, 0.717) is 27.5 Å². The molecule has 0 spiro atoms. The van der Waals surface area contributed by atoms with Crippen molar-refractivity contribution in [1.29, 1.82) is 0 Å². The van der Waals surface area contributed by atoms with Gasteiger partial charge in [0.1, 0.15) is 5.75 Å². The highest BCUT2D eigenvalue weighted by molar-refractivity contribution is 6.30. The van der Waals surface area contributed by atoms with Crippen LogP contribution in [0.25, 0.3) is 11.4 Å². The summed E-state index contributed by atoms with van der Waals surface area (Å²) >= 11 is 11.7. The third-order valence-electron chi connectivity index (χ3n) is 3.02. The molecule has 0 aliphatic rings. The van der Waals surface area contributed by atoms with Crippen molar-refractivity contribution >= 4 is 23.2 Å². The Morgan fingerprint density at radius 3 is 2.18 bits per heavy atom. The van der Waals surface area contributed by atoms with Crippen molar-refractivity contribution in [2.45, 2.75) is 13.0 Å². The summed E-state index contributed by atoms with van der Waals surface area (Å²) in [5, 5.41) is 5.28. The number of hydrogen-bond acceptors (Lipinski definition) is 4. The maximum absolute atomic E-state index is 5.86. The Morgan fingerprint density at radius 2 is 1.55 bits per heavy atom. The molecule has 0 saturated carbocycles. The first-order chi connectivity index (χ1) is 10.6. The van der Waals surface area contributed by atoms with Crippen LogP contribution in [0.15, 0.2) is 53.1 Å². The molecule has 0 fully saturated rings. The quantitative estimate of drug-likeness (QED) is 0.659. The van der Waals surface area contributed by atoms with Crippen LogP contribution in [0.2, 0.25) is 10.0 Å². The van der Waals surface area contributed by atoms with Crippen LogP contribution < -0.4 is 4.74 Å². The van der Waals surface area contributed by atoms with Crippen LogP contribution in [-0.2, 0) is 0 Å². The fraction of sp³-hybridized carbons (Fsp3) is 0.125. The number of aromatic nitrogens is 2. The predicted octanol–water partition coefficient (Wildman–Crippen LogP) is 5.18. The topological polar surface area (TPSA) is 48.2 Å². The molecule has 4 nitrogen and oxygen atoms in total. The summed E-state index contributed by atoms with van der Waals surface area (Å²) in [5.74, 6) is 1.58. The van der Waals surface area contributed by atoms with Crippen LogP contribution in [0.3, 0.4) is 0 Å². The summed E-state index contributed by atoms with van der Waals surface area (Å²) in [6, 6.07) is 14.3. The van der Waals surface area contributed by atoms with Gasteiger partial charge in [0.2, 0.25) is 5.82 Å². The monoisotopic (exact) mass is 334 g/mol. The first kappa shape index (κ1) is 14.9. The van der Waals surface area contributed by atoms with Crippen molar-refractivity contribution < 1.29 is 9.26 Å². The molecule has 3 rings (SSSR count). The Morgan fingerprint density at radius 1 is 0.955 bits per heavy atom. The van der Waals surface area contributed by atoms with Gasteiger partial charge in [-0.1, -0.05) is 28.4 Å². The second-order valence-corrected chi connectivity index (χ2v) is 5.55. The minimum atomic E-state index is -0.366. The van der Waals surface area contributed by atoms with E-state index in [2.05, 4.69) is 10.1 Å². The molecule has 0 N–H and O–H groups in total. The summed E-state index contributed by atoms with van der Waals surface area (Å²) < 4.78 is 11.0. The van der Waals surface area contributed by atoms with Crippen LogP contribution in [-0.4, -0.2) is 10.1 Å². The molecule has 1 heterocycles. The Balaban J connectivity index is 1.75. The van der Waals surface area contributed by atoms with Crippen molar-refractivity contribution in [2.75, 3.05) is 0 Å². The normalized spacial score (nSPS) is 12.1. The lowest BCUT2D eigenvalue weighted by atomic mass is 10.2. The van der Waals surface area contributed by atoms with Crippen molar-refractivity contribution in [3.63, 3.8) is 0 Å². The molecule has 2 aromatic carbocycles. The zero-order chi connectivity index (χ0) is 15.5. The highest BCUT2D eigenvalue weighted by Crippen LogP contribution is 2.24. The van der Waals surface area contributed by atoms with Gasteiger partial charge in [-0.15, -0.1) is 0 Å². The van der Waals surface area contributed by atoms with Crippen molar-refractivity contribution in [2.24, 2.45) is 0 Å². The molecule has 0 aliphatic heterocycles. The molecule has 22 heavy (non-hydrogen) atoms. The SMILES string of the molecule is C[C@H](Oc1ccc(Cl)cc1)c1nc(-c2ccc(Cl)cc2)no1. The first-order valence-electron chi connectivity index (χ1n) is 6.63.